The smallest absolute Gasteiger partial charge is 0.234 e. The Morgan fingerprint density at radius 2 is 2.00 bits per heavy atom. The molecule has 2 aliphatic rings. The Bertz CT molecular complexity index is 343. The van der Waals surface area contributed by atoms with Gasteiger partial charge in [0.25, 0.3) is 0 Å². The Labute approximate surface area is 126 Å². The molecule has 1 heterocycles. The molecule has 2 fully saturated rings. The van der Waals surface area contributed by atoms with Crippen molar-refractivity contribution < 1.29 is 9.53 Å². The average Bonchev–Trinajstić information content (AvgIpc) is 2.67. The van der Waals surface area contributed by atoms with Gasteiger partial charge in [-0.1, -0.05) is 37.9 Å². The van der Waals surface area contributed by atoms with Crippen LogP contribution in [-0.2, 0) is 9.53 Å². The van der Waals surface area contributed by atoms with Crippen LogP contribution < -0.4 is 11.1 Å². The summed E-state index contributed by atoms with van der Waals surface area (Å²) >= 11 is 4.95. The van der Waals surface area contributed by atoms with Gasteiger partial charge in [-0.05, 0) is 12.8 Å². The van der Waals surface area contributed by atoms with E-state index < -0.39 is 0 Å². The highest BCUT2D eigenvalue weighted by Crippen LogP contribution is 2.17. The molecule has 1 saturated carbocycles. The summed E-state index contributed by atoms with van der Waals surface area (Å²) in [5.41, 5.74) is 5.61. The zero-order chi connectivity index (χ0) is 14.4. The van der Waals surface area contributed by atoms with E-state index in [-0.39, 0.29) is 12.0 Å². The fourth-order valence-corrected chi connectivity index (χ4v) is 3.06. The third kappa shape index (κ3) is 5.00. The minimum atomic E-state index is -0.218. The maximum absolute atomic E-state index is 12.1. The van der Waals surface area contributed by atoms with E-state index in [0.29, 0.717) is 30.7 Å². The normalized spacial score (nSPS) is 25.9. The van der Waals surface area contributed by atoms with Crippen molar-refractivity contribution in [1.82, 2.24) is 10.2 Å². The second-order valence-corrected chi connectivity index (χ2v) is 6.22. The molecule has 114 valence electrons. The molecule has 6 heteroatoms. The van der Waals surface area contributed by atoms with Gasteiger partial charge in [0.2, 0.25) is 5.91 Å². The van der Waals surface area contributed by atoms with Gasteiger partial charge in [0.05, 0.1) is 13.2 Å². The maximum atomic E-state index is 12.1. The van der Waals surface area contributed by atoms with Gasteiger partial charge in [0.1, 0.15) is 11.1 Å². The zero-order valence-corrected chi connectivity index (χ0v) is 12.8. The second-order valence-electron chi connectivity index (χ2n) is 5.75. The minimum Gasteiger partial charge on any atom is -0.391 e. The fraction of sp³-hybridized carbons (Fsp3) is 0.857. The lowest BCUT2D eigenvalue weighted by molar-refractivity contribution is -0.124. The molecule has 1 aliphatic carbocycles. The van der Waals surface area contributed by atoms with Crippen LogP contribution in [0.4, 0.5) is 0 Å². The van der Waals surface area contributed by atoms with Crippen LogP contribution in [0.1, 0.15) is 38.5 Å². The van der Waals surface area contributed by atoms with Gasteiger partial charge in [-0.3, -0.25) is 9.69 Å². The molecule has 0 aromatic carbocycles. The predicted octanol–water partition coefficient (Wildman–Crippen LogP) is 0.812. The summed E-state index contributed by atoms with van der Waals surface area (Å²) in [4.78, 5) is 14.6. The number of rotatable bonds is 4. The van der Waals surface area contributed by atoms with Gasteiger partial charge >= 0.3 is 0 Å². The standard InChI is InChI=1S/C14H25N3O2S/c15-14(20)12-9-17(7-8-19-12)10-13(18)16-11-5-3-1-2-4-6-11/h11-12H,1-10H2,(H2,15,20)(H,16,18). The highest BCUT2D eigenvalue weighted by molar-refractivity contribution is 7.80. The van der Waals surface area contributed by atoms with Crippen LogP contribution in [-0.4, -0.2) is 54.2 Å². The van der Waals surface area contributed by atoms with Gasteiger partial charge in [0, 0.05) is 19.1 Å². The molecule has 0 bridgehead atoms. The molecule has 1 aliphatic heterocycles. The largest absolute Gasteiger partial charge is 0.391 e. The van der Waals surface area contributed by atoms with Gasteiger partial charge in [0.15, 0.2) is 0 Å². The fourth-order valence-electron chi connectivity index (χ4n) is 2.92. The monoisotopic (exact) mass is 299 g/mol. The van der Waals surface area contributed by atoms with Gasteiger partial charge in [-0.2, -0.15) is 0 Å². The summed E-state index contributed by atoms with van der Waals surface area (Å²) in [6.45, 7) is 2.38. The van der Waals surface area contributed by atoms with E-state index in [1.807, 2.05) is 0 Å². The number of amides is 1. The van der Waals surface area contributed by atoms with Crippen molar-refractivity contribution in [2.75, 3.05) is 26.2 Å². The first-order chi connectivity index (χ1) is 9.65. The van der Waals surface area contributed by atoms with E-state index in [9.17, 15) is 4.79 Å². The Morgan fingerprint density at radius 1 is 1.30 bits per heavy atom. The Hall–Kier alpha value is -0.720. The molecule has 1 unspecified atom stereocenters. The molecule has 0 radical (unpaired) electrons. The van der Waals surface area contributed by atoms with Crippen LogP contribution in [0.3, 0.4) is 0 Å². The van der Waals surface area contributed by atoms with Gasteiger partial charge < -0.3 is 15.8 Å². The highest BCUT2D eigenvalue weighted by atomic mass is 32.1. The Morgan fingerprint density at radius 3 is 2.65 bits per heavy atom. The van der Waals surface area contributed by atoms with Crippen LogP contribution in [0.2, 0.25) is 0 Å². The number of ether oxygens (including phenoxy) is 1. The molecule has 1 saturated heterocycles. The number of hydrogen-bond donors (Lipinski definition) is 2. The molecule has 2 rings (SSSR count). The quantitative estimate of drug-likeness (QED) is 0.594. The van der Waals surface area contributed by atoms with Crippen molar-refractivity contribution in [3.63, 3.8) is 0 Å². The Balaban J connectivity index is 1.74. The van der Waals surface area contributed by atoms with Crippen LogP contribution >= 0.6 is 12.2 Å². The summed E-state index contributed by atoms with van der Waals surface area (Å²) in [7, 11) is 0. The number of morpholine rings is 1. The number of nitrogens with zero attached hydrogens (tertiary/aromatic N) is 1. The van der Waals surface area contributed by atoms with E-state index in [4.69, 9.17) is 22.7 Å². The first kappa shape index (κ1) is 15.7. The molecule has 3 N–H and O–H groups in total. The second kappa shape index (κ2) is 7.90. The van der Waals surface area contributed by atoms with Crippen LogP contribution in [0.5, 0.6) is 0 Å². The van der Waals surface area contributed by atoms with Crippen molar-refractivity contribution in [3.05, 3.63) is 0 Å². The highest BCUT2D eigenvalue weighted by Gasteiger charge is 2.24. The lowest BCUT2D eigenvalue weighted by Crippen LogP contribution is -2.51. The van der Waals surface area contributed by atoms with Crippen molar-refractivity contribution in [1.29, 1.82) is 0 Å². The van der Waals surface area contributed by atoms with Crippen molar-refractivity contribution in [2.24, 2.45) is 5.73 Å². The molecular formula is C14H25N3O2S. The molecule has 1 atom stereocenters. The molecule has 20 heavy (non-hydrogen) atoms. The van der Waals surface area contributed by atoms with E-state index in [2.05, 4.69) is 10.2 Å². The number of thiocarbonyl (C=S) groups is 1. The number of carbonyl (C=O) groups excluding carboxylic acids is 1. The zero-order valence-electron chi connectivity index (χ0n) is 12.0. The lowest BCUT2D eigenvalue weighted by Gasteiger charge is -2.32. The predicted molar refractivity (Wildman–Crippen MR) is 82.6 cm³/mol. The minimum absolute atomic E-state index is 0.112. The molecule has 0 aromatic heterocycles. The number of hydrogen-bond acceptors (Lipinski definition) is 4. The Kier molecular flexibility index (Phi) is 6.19. The van der Waals surface area contributed by atoms with Crippen LogP contribution in [0.15, 0.2) is 0 Å². The summed E-state index contributed by atoms with van der Waals surface area (Å²) < 4.78 is 5.48. The number of nitrogens with two attached hydrogens (primary N) is 1. The van der Waals surface area contributed by atoms with Gasteiger partial charge in [-0.25, -0.2) is 0 Å². The summed E-state index contributed by atoms with van der Waals surface area (Å²) in [6, 6.07) is 0.359. The SMILES string of the molecule is NC(=S)C1CN(CC(=O)NC2CCCCCC2)CCO1. The number of carbonyl (C=O) groups is 1. The molecule has 5 nitrogen and oxygen atoms in total. The van der Waals surface area contributed by atoms with E-state index in [1.165, 1.54) is 25.7 Å². The topological polar surface area (TPSA) is 67.6 Å². The first-order valence-corrected chi connectivity index (χ1v) is 7.98. The van der Waals surface area contributed by atoms with Crippen molar-refractivity contribution >= 4 is 23.1 Å². The molecule has 0 aromatic rings. The summed E-state index contributed by atoms with van der Waals surface area (Å²) in [5.74, 6) is 0.112. The van der Waals surface area contributed by atoms with Gasteiger partial charge in [-0.15, -0.1) is 0 Å². The van der Waals surface area contributed by atoms with Crippen molar-refractivity contribution in [2.45, 2.75) is 50.7 Å². The summed E-state index contributed by atoms with van der Waals surface area (Å²) in [6.07, 6.45) is 7.06. The molecule has 0 spiro atoms. The lowest BCUT2D eigenvalue weighted by atomic mass is 10.1. The third-order valence-electron chi connectivity index (χ3n) is 4.06. The maximum Gasteiger partial charge on any atom is 0.234 e. The van der Waals surface area contributed by atoms with Crippen LogP contribution in [0.25, 0.3) is 0 Å². The average molecular weight is 299 g/mol. The summed E-state index contributed by atoms with van der Waals surface area (Å²) in [5, 5.41) is 3.16. The third-order valence-corrected chi connectivity index (χ3v) is 4.32. The van der Waals surface area contributed by atoms with E-state index in [1.54, 1.807) is 0 Å². The van der Waals surface area contributed by atoms with Crippen LogP contribution in [0, 0.1) is 0 Å². The molecule has 1 amide bonds. The van der Waals surface area contributed by atoms with Crippen molar-refractivity contribution in [3.8, 4) is 0 Å². The van der Waals surface area contributed by atoms with E-state index in [0.717, 1.165) is 19.4 Å². The number of nitrogens with one attached hydrogen (secondary N) is 1. The van der Waals surface area contributed by atoms with E-state index >= 15 is 0 Å². The molecular weight excluding hydrogens is 274 g/mol. The first-order valence-electron chi connectivity index (χ1n) is 7.58.